The zero-order chi connectivity index (χ0) is 11.7. The van der Waals surface area contributed by atoms with E-state index in [0.717, 1.165) is 17.9 Å². The predicted octanol–water partition coefficient (Wildman–Crippen LogP) is 2.05. The number of phenols is 1. The first-order valence-electron chi connectivity index (χ1n) is 5.61. The van der Waals surface area contributed by atoms with Crippen molar-refractivity contribution in [3.63, 3.8) is 0 Å². The lowest BCUT2D eigenvalue weighted by Crippen LogP contribution is -2.21. The fourth-order valence-electron chi connectivity index (χ4n) is 1.78. The van der Waals surface area contributed by atoms with E-state index in [4.69, 9.17) is 0 Å². The van der Waals surface area contributed by atoms with Crippen molar-refractivity contribution in [2.24, 2.45) is 5.92 Å². The molecular formula is C13H17NO2. The molecule has 1 aliphatic rings. The number of hydrogen-bond donors (Lipinski definition) is 1. The van der Waals surface area contributed by atoms with E-state index in [9.17, 15) is 9.90 Å². The lowest BCUT2D eigenvalue weighted by atomic mass is 10.0. The van der Waals surface area contributed by atoms with Crippen LogP contribution in [0.15, 0.2) is 18.2 Å². The molecule has 0 spiro atoms. The highest BCUT2D eigenvalue weighted by atomic mass is 16.3. The smallest absolute Gasteiger partial charge is 0.257 e. The van der Waals surface area contributed by atoms with Gasteiger partial charge in [-0.2, -0.15) is 0 Å². The average Bonchev–Trinajstić information content (AvgIpc) is 3.03. The SMILES string of the molecule is CN(C)C(=O)c1cc(CC2CC2)ccc1O. The Kier molecular flexibility index (Phi) is 2.86. The van der Waals surface area contributed by atoms with Crippen molar-refractivity contribution in [2.45, 2.75) is 19.3 Å². The molecule has 1 amide bonds. The summed E-state index contributed by atoms with van der Waals surface area (Å²) < 4.78 is 0. The molecule has 0 aliphatic heterocycles. The van der Waals surface area contributed by atoms with Crippen molar-refractivity contribution in [1.29, 1.82) is 0 Å². The number of phenolic OH excluding ortho intramolecular Hbond substituents is 1. The first-order chi connectivity index (χ1) is 7.58. The Bertz CT molecular complexity index is 408. The van der Waals surface area contributed by atoms with Crippen LogP contribution in [0.3, 0.4) is 0 Å². The van der Waals surface area contributed by atoms with E-state index in [0.29, 0.717) is 5.56 Å². The van der Waals surface area contributed by atoms with Gasteiger partial charge in [-0.1, -0.05) is 6.07 Å². The maximum absolute atomic E-state index is 11.8. The molecule has 1 aromatic carbocycles. The molecule has 0 unspecified atom stereocenters. The molecule has 0 heterocycles. The third-order valence-electron chi connectivity index (χ3n) is 2.92. The highest BCUT2D eigenvalue weighted by Gasteiger charge is 2.22. The standard InChI is InChI=1S/C13H17NO2/c1-14(2)13(16)11-8-10(5-6-12(11)15)7-9-3-4-9/h5-6,8-9,15H,3-4,7H2,1-2H3. The molecule has 0 aromatic heterocycles. The molecule has 3 nitrogen and oxygen atoms in total. The van der Waals surface area contributed by atoms with Gasteiger partial charge in [0.15, 0.2) is 0 Å². The predicted molar refractivity (Wildman–Crippen MR) is 62.6 cm³/mol. The van der Waals surface area contributed by atoms with E-state index < -0.39 is 0 Å². The number of aromatic hydroxyl groups is 1. The van der Waals surface area contributed by atoms with Crippen molar-refractivity contribution in [3.8, 4) is 5.75 Å². The molecule has 1 N–H and O–H groups in total. The summed E-state index contributed by atoms with van der Waals surface area (Å²) in [4.78, 5) is 13.3. The highest BCUT2D eigenvalue weighted by Crippen LogP contribution is 2.33. The molecule has 0 atom stereocenters. The number of hydrogen-bond acceptors (Lipinski definition) is 2. The van der Waals surface area contributed by atoms with Crippen LogP contribution in [0.4, 0.5) is 0 Å². The van der Waals surface area contributed by atoms with Crippen LogP contribution in [0.1, 0.15) is 28.8 Å². The van der Waals surface area contributed by atoms with E-state index in [1.54, 1.807) is 20.2 Å². The molecule has 0 radical (unpaired) electrons. The number of carbonyl (C=O) groups is 1. The van der Waals surface area contributed by atoms with Gasteiger partial charge in [0.05, 0.1) is 5.56 Å². The molecule has 1 aromatic rings. The molecule has 86 valence electrons. The maximum Gasteiger partial charge on any atom is 0.257 e. The highest BCUT2D eigenvalue weighted by molar-refractivity contribution is 5.96. The van der Waals surface area contributed by atoms with E-state index in [1.165, 1.54) is 17.7 Å². The Morgan fingerprint density at radius 3 is 2.69 bits per heavy atom. The second-order valence-electron chi connectivity index (χ2n) is 4.70. The summed E-state index contributed by atoms with van der Waals surface area (Å²) in [6, 6.07) is 5.34. The maximum atomic E-state index is 11.8. The summed E-state index contributed by atoms with van der Waals surface area (Å²) in [5.41, 5.74) is 1.55. The molecule has 1 aliphatic carbocycles. The zero-order valence-corrected chi connectivity index (χ0v) is 9.73. The third-order valence-corrected chi connectivity index (χ3v) is 2.92. The summed E-state index contributed by atoms with van der Waals surface area (Å²) in [5.74, 6) is 0.709. The van der Waals surface area contributed by atoms with Gasteiger partial charge in [0.2, 0.25) is 0 Å². The molecule has 1 saturated carbocycles. The Morgan fingerprint density at radius 1 is 1.44 bits per heavy atom. The summed E-state index contributed by atoms with van der Waals surface area (Å²) in [5, 5.41) is 9.66. The fraction of sp³-hybridized carbons (Fsp3) is 0.462. The first kappa shape index (κ1) is 11.0. The lowest BCUT2D eigenvalue weighted by molar-refractivity contribution is 0.0824. The van der Waals surface area contributed by atoms with Crippen molar-refractivity contribution < 1.29 is 9.90 Å². The van der Waals surface area contributed by atoms with Gasteiger partial charge >= 0.3 is 0 Å². The van der Waals surface area contributed by atoms with E-state index in [-0.39, 0.29) is 11.7 Å². The third kappa shape index (κ3) is 2.35. The molecule has 3 heteroatoms. The number of carbonyl (C=O) groups excluding carboxylic acids is 1. The Hall–Kier alpha value is -1.51. The van der Waals surface area contributed by atoms with Gasteiger partial charge in [0, 0.05) is 14.1 Å². The summed E-state index contributed by atoms with van der Waals surface area (Å²) in [6.07, 6.45) is 3.60. The van der Waals surface area contributed by atoms with Crippen LogP contribution < -0.4 is 0 Å². The Labute approximate surface area is 95.7 Å². The lowest BCUT2D eigenvalue weighted by Gasteiger charge is -2.12. The topological polar surface area (TPSA) is 40.5 Å². The second kappa shape index (κ2) is 4.16. The van der Waals surface area contributed by atoms with Crippen LogP contribution in [0.25, 0.3) is 0 Å². The first-order valence-corrected chi connectivity index (χ1v) is 5.61. The molecule has 0 bridgehead atoms. The summed E-state index contributed by atoms with van der Waals surface area (Å²) in [7, 11) is 3.38. The van der Waals surface area contributed by atoms with E-state index in [1.807, 2.05) is 12.1 Å². The van der Waals surface area contributed by atoms with Crippen LogP contribution in [0, 0.1) is 5.92 Å². The van der Waals surface area contributed by atoms with Crippen molar-refractivity contribution in [3.05, 3.63) is 29.3 Å². The summed E-state index contributed by atoms with van der Waals surface area (Å²) in [6.45, 7) is 0. The van der Waals surface area contributed by atoms with Crippen LogP contribution in [-0.4, -0.2) is 30.0 Å². The second-order valence-corrected chi connectivity index (χ2v) is 4.70. The number of rotatable bonds is 3. The van der Waals surface area contributed by atoms with E-state index >= 15 is 0 Å². The quantitative estimate of drug-likeness (QED) is 0.845. The van der Waals surface area contributed by atoms with Crippen LogP contribution in [0.5, 0.6) is 5.75 Å². The largest absolute Gasteiger partial charge is 0.507 e. The van der Waals surface area contributed by atoms with Gasteiger partial charge in [0.25, 0.3) is 5.91 Å². The average molecular weight is 219 g/mol. The van der Waals surface area contributed by atoms with Crippen molar-refractivity contribution >= 4 is 5.91 Å². The van der Waals surface area contributed by atoms with Crippen molar-refractivity contribution in [2.75, 3.05) is 14.1 Å². The molecular weight excluding hydrogens is 202 g/mol. The minimum absolute atomic E-state index is 0.0678. The zero-order valence-electron chi connectivity index (χ0n) is 9.73. The number of benzene rings is 1. The van der Waals surface area contributed by atoms with Gasteiger partial charge in [0.1, 0.15) is 5.75 Å². The van der Waals surface area contributed by atoms with Crippen LogP contribution in [0.2, 0.25) is 0 Å². The normalized spacial score (nSPS) is 14.9. The summed E-state index contributed by atoms with van der Waals surface area (Å²) >= 11 is 0. The molecule has 2 rings (SSSR count). The molecule has 0 saturated heterocycles. The fourth-order valence-corrected chi connectivity index (χ4v) is 1.78. The minimum Gasteiger partial charge on any atom is -0.507 e. The van der Waals surface area contributed by atoms with Gasteiger partial charge in [-0.25, -0.2) is 0 Å². The van der Waals surface area contributed by atoms with Gasteiger partial charge in [-0.3, -0.25) is 4.79 Å². The van der Waals surface area contributed by atoms with Crippen LogP contribution in [-0.2, 0) is 6.42 Å². The molecule has 16 heavy (non-hydrogen) atoms. The monoisotopic (exact) mass is 219 g/mol. The molecule has 1 fully saturated rings. The van der Waals surface area contributed by atoms with E-state index in [2.05, 4.69) is 0 Å². The number of amides is 1. The van der Waals surface area contributed by atoms with Crippen molar-refractivity contribution in [1.82, 2.24) is 4.90 Å². The van der Waals surface area contributed by atoms with Gasteiger partial charge in [-0.05, 0) is 42.9 Å². The van der Waals surface area contributed by atoms with Gasteiger partial charge < -0.3 is 10.0 Å². The van der Waals surface area contributed by atoms with Crippen LogP contribution >= 0.6 is 0 Å². The number of nitrogens with zero attached hydrogens (tertiary/aromatic N) is 1. The minimum atomic E-state index is -0.143. The Balaban J connectivity index is 2.24. The Morgan fingerprint density at radius 2 is 2.12 bits per heavy atom. The van der Waals surface area contributed by atoms with Gasteiger partial charge in [-0.15, -0.1) is 0 Å².